The minimum absolute atomic E-state index is 0.164. The number of nitrogens with zero attached hydrogens (tertiary/aromatic N) is 6. The molecule has 0 aromatic carbocycles. The smallest absolute Gasteiger partial charge is 0.334 e. The monoisotopic (exact) mass is 318 g/mol. The zero-order chi connectivity index (χ0) is 16.6. The van der Waals surface area contributed by atoms with Gasteiger partial charge in [-0.2, -0.15) is 10.2 Å². The maximum absolute atomic E-state index is 11.5. The first kappa shape index (κ1) is 15.5. The van der Waals surface area contributed by atoms with E-state index in [0.717, 1.165) is 25.9 Å². The summed E-state index contributed by atoms with van der Waals surface area (Å²) in [6.07, 6.45) is 6.47. The van der Waals surface area contributed by atoms with E-state index >= 15 is 0 Å². The van der Waals surface area contributed by atoms with Crippen LogP contribution in [0.4, 0.5) is 11.5 Å². The molecule has 1 aliphatic rings. The van der Waals surface area contributed by atoms with Crippen LogP contribution in [0.15, 0.2) is 12.4 Å². The van der Waals surface area contributed by atoms with Gasteiger partial charge in [0.05, 0.1) is 11.1 Å². The maximum atomic E-state index is 11.5. The molecule has 8 heteroatoms. The highest BCUT2D eigenvalue weighted by molar-refractivity contribution is 5.62. The summed E-state index contributed by atoms with van der Waals surface area (Å²) >= 11 is 0. The Labute approximate surface area is 134 Å². The second-order valence-corrected chi connectivity index (χ2v) is 6.18. The number of aromatic nitrogens is 4. The quantitative estimate of drug-likeness (QED) is 0.619. The third kappa shape index (κ3) is 2.93. The van der Waals surface area contributed by atoms with Crippen LogP contribution in [0.5, 0.6) is 0 Å². The lowest BCUT2D eigenvalue weighted by Gasteiger charge is -2.17. The van der Waals surface area contributed by atoms with Crippen LogP contribution in [0.25, 0.3) is 0 Å². The molecule has 3 rings (SSSR count). The van der Waals surface area contributed by atoms with Gasteiger partial charge in [0.25, 0.3) is 0 Å². The Morgan fingerprint density at radius 3 is 2.83 bits per heavy atom. The van der Waals surface area contributed by atoms with Gasteiger partial charge in [0.1, 0.15) is 5.69 Å². The van der Waals surface area contributed by atoms with E-state index in [4.69, 9.17) is 0 Å². The third-order valence-corrected chi connectivity index (χ3v) is 4.45. The normalized spacial score (nSPS) is 17.9. The van der Waals surface area contributed by atoms with Gasteiger partial charge in [-0.25, -0.2) is 4.68 Å². The topological polar surface area (TPSA) is 82.0 Å². The summed E-state index contributed by atoms with van der Waals surface area (Å²) in [5, 5.41) is 20.0. The minimum atomic E-state index is -0.296. The minimum Gasteiger partial charge on any atom is -0.351 e. The van der Waals surface area contributed by atoms with Crippen LogP contribution in [0.2, 0.25) is 0 Å². The van der Waals surface area contributed by atoms with Gasteiger partial charge in [-0.15, -0.1) is 0 Å². The Morgan fingerprint density at radius 1 is 1.43 bits per heavy atom. The van der Waals surface area contributed by atoms with Crippen LogP contribution in [0.1, 0.15) is 24.6 Å². The van der Waals surface area contributed by atoms with Gasteiger partial charge in [-0.05, 0) is 30.7 Å². The Kier molecular flexibility index (Phi) is 4.06. The molecule has 23 heavy (non-hydrogen) atoms. The summed E-state index contributed by atoms with van der Waals surface area (Å²) in [4.78, 5) is 13.3. The number of aryl methyl sites for hydroxylation is 3. The van der Waals surface area contributed by atoms with Gasteiger partial charge in [-0.3, -0.25) is 14.8 Å². The van der Waals surface area contributed by atoms with Gasteiger partial charge in [0.15, 0.2) is 0 Å². The first-order valence-corrected chi connectivity index (χ1v) is 7.92. The van der Waals surface area contributed by atoms with Crippen molar-refractivity contribution in [2.45, 2.75) is 26.2 Å². The van der Waals surface area contributed by atoms with Crippen LogP contribution < -0.4 is 4.90 Å². The molecule has 8 nitrogen and oxygen atoms in total. The highest BCUT2D eigenvalue weighted by Gasteiger charge is 2.33. The Morgan fingerprint density at radius 2 is 2.22 bits per heavy atom. The molecular weight excluding hydrogens is 296 g/mol. The van der Waals surface area contributed by atoms with Crippen molar-refractivity contribution in [3.8, 4) is 0 Å². The fourth-order valence-corrected chi connectivity index (χ4v) is 3.44. The predicted octanol–water partition coefficient (Wildman–Crippen LogP) is 1.69. The number of hydrogen-bond donors (Lipinski definition) is 0. The summed E-state index contributed by atoms with van der Waals surface area (Å²) < 4.78 is 3.46. The average Bonchev–Trinajstić information content (AvgIpc) is 3.18. The Bertz CT molecular complexity index is 720. The van der Waals surface area contributed by atoms with E-state index in [9.17, 15) is 10.1 Å². The van der Waals surface area contributed by atoms with Gasteiger partial charge in [-0.1, -0.05) is 6.92 Å². The highest BCUT2D eigenvalue weighted by Crippen LogP contribution is 2.35. The molecule has 1 atom stereocenters. The zero-order valence-electron chi connectivity index (χ0n) is 13.8. The van der Waals surface area contributed by atoms with Crippen molar-refractivity contribution in [3.63, 3.8) is 0 Å². The van der Waals surface area contributed by atoms with Crippen LogP contribution in [0.3, 0.4) is 0 Å². The van der Waals surface area contributed by atoms with E-state index in [0.29, 0.717) is 23.9 Å². The molecule has 0 radical (unpaired) electrons. The summed E-state index contributed by atoms with van der Waals surface area (Å²) in [5.41, 5.74) is 1.94. The molecule has 0 N–H and O–H groups in total. The predicted molar refractivity (Wildman–Crippen MR) is 86.5 cm³/mol. The molecule has 2 aromatic rings. The standard InChI is InChI=1S/C15H22N6O2/c1-4-13-14(21(22)23)15(19(3)17-13)20-6-5-11(10-20)7-12-8-16-18(2)9-12/h8-9,11H,4-7,10H2,1-3H3. The highest BCUT2D eigenvalue weighted by atomic mass is 16.6. The van der Waals surface area contributed by atoms with Crippen LogP contribution in [0, 0.1) is 16.0 Å². The fraction of sp³-hybridized carbons (Fsp3) is 0.600. The average molecular weight is 318 g/mol. The summed E-state index contributed by atoms with van der Waals surface area (Å²) in [7, 11) is 3.70. The number of hydrogen-bond acceptors (Lipinski definition) is 5. The number of rotatable bonds is 5. The van der Waals surface area contributed by atoms with E-state index in [-0.39, 0.29) is 10.6 Å². The van der Waals surface area contributed by atoms with Crippen molar-refractivity contribution in [1.29, 1.82) is 0 Å². The van der Waals surface area contributed by atoms with Crippen LogP contribution >= 0.6 is 0 Å². The van der Waals surface area contributed by atoms with Gasteiger partial charge in [0.2, 0.25) is 5.82 Å². The summed E-state index contributed by atoms with van der Waals surface area (Å²) in [6.45, 7) is 3.54. The SMILES string of the molecule is CCc1nn(C)c(N2CCC(Cc3cnn(C)c3)C2)c1[N+](=O)[O-]. The van der Waals surface area contributed by atoms with E-state index in [1.807, 2.05) is 31.0 Å². The third-order valence-electron chi connectivity index (χ3n) is 4.45. The van der Waals surface area contributed by atoms with Gasteiger partial charge >= 0.3 is 5.69 Å². The molecule has 1 aliphatic heterocycles. The molecule has 0 aliphatic carbocycles. The first-order chi connectivity index (χ1) is 11.0. The lowest BCUT2D eigenvalue weighted by atomic mass is 10.0. The molecule has 0 amide bonds. The lowest BCUT2D eigenvalue weighted by molar-refractivity contribution is -0.384. The maximum Gasteiger partial charge on any atom is 0.334 e. The molecule has 124 valence electrons. The van der Waals surface area contributed by atoms with Crippen molar-refractivity contribution in [1.82, 2.24) is 19.6 Å². The van der Waals surface area contributed by atoms with Crippen LogP contribution in [-0.2, 0) is 26.9 Å². The molecule has 2 aromatic heterocycles. The van der Waals surface area contributed by atoms with Crippen molar-refractivity contribution < 1.29 is 4.92 Å². The molecular formula is C15H22N6O2. The number of nitro groups is 1. The largest absolute Gasteiger partial charge is 0.351 e. The first-order valence-electron chi connectivity index (χ1n) is 7.92. The Hall–Kier alpha value is -2.38. The molecule has 0 spiro atoms. The summed E-state index contributed by atoms with van der Waals surface area (Å²) in [6, 6.07) is 0. The molecule has 0 saturated carbocycles. The van der Waals surface area contributed by atoms with E-state index < -0.39 is 0 Å². The van der Waals surface area contributed by atoms with Gasteiger partial charge < -0.3 is 4.90 Å². The van der Waals surface area contributed by atoms with E-state index in [2.05, 4.69) is 15.1 Å². The lowest BCUT2D eigenvalue weighted by Crippen LogP contribution is -2.23. The molecule has 0 bridgehead atoms. The fourth-order valence-electron chi connectivity index (χ4n) is 3.44. The van der Waals surface area contributed by atoms with Crippen molar-refractivity contribution in [3.05, 3.63) is 33.8 Å². The molecule has 1 fully saturated rings. The van der Waals surface area contributed by atoms with Crippen molar-refractivity contribution in [2.75, 3.05) is 18.0 Å². The molecule has 1 unspecified atom stereocenters. The second kappa shape index (κ2) is 6.02. The van der Waals surface area contributed by atoms with E-state index in [1.54, 1.807) is 11.7 Å². The molecule has 1 saturated heterocycles. The second-order valence-electron chi connectivity index (χ2n) is 6.18. The van der Waals surface area contributed by atoms with E-state index in [1.165, 1.54) is 5.56 Å². The van der Waals surface area contributed by atoms with Crippen LogP contribution in [-0.4, -0.2) is 37.6 Å². The number of anilines is 1. The Balaban J connectivity index is 1.79. The van der Waals surface area contributed by atoms with Gasteiger partial charge in [0, 0.05) is 33.4 Å². The summed E-state index contributed by atoms with van der Waals surface area (Å²) in [5.74, 6) is 1.12. The molecule has 3 heterocycles. The van der Waals surface area contributed by atoms with Crippen molar-refractivity contribution >= 4 is 11.5 Å². The zero-order valence-corrected chi connectivity index (χ0v) is 13.8. The van der Waals surface area contributed by atoms with Crippen molar-refractivity contribution in [2.24, 2.45) is 20.0 Å².